The van der Waals surface area contributed by atoms with Gasteiger partial charge in [0, 0.05) is 13.8 Å². The van der Waals surface area contributed by atoms with Gasteiger partial charge in [-0.1, -0.05) is 6.92 Å². The first-order chi connectivity index (χ1) is 4.04. The van der Waals surface area contributed by atoms with Crippen molar-refractivity contribution in [1.29, 1.82) is 0 Å². The van der Waals surface area contributed by atoms with Crippen LogP contribution < -0.4 is 0 Å². The molecular weight excluding hydrogens is 114 g/mol. The predicted octanol–water partition coefficient (Wildman–Crippen LogP) is 1.46. The Hall–Kier alpha value is -0.550. The van der Waals surface area contributed by atoms with Crippen molar-refractivity contribution in [2.24, 2.45) is 0 Å². The second-order valence-electron chi connectivity index (χ2n) is 2.69. The van der Waals surface area contributed by atoms with Crippen LogP contribution in [0.4, 0.5) is 0 Å². The molecule has 0 bridgehead atoms. The molecule has 0 aromatic heterocycles. The predicted molar refractivity (Wildman–Crippen MR) is 37.0 cm³/mol. The van der Waals surface area contributed by atoms with E-state index < -0.39 is 11.6 Å². The topological polar surface area (TPSA) is 24.6 Å². The largest absolute Gasteiger partial charge is 0.385 e. The van der Waals surface area contributed by atoms with Crippen LogP contribution in [0.3, 0.4) is 0 Å². The van der Waals surface area contributed by atoms with E-state index in [1.54, 1.807) is 13.8 Å². The third-order valence-corrected chi connectivity index (χ3v) is 1.49. The molecule has 0 heterocycles. The maximum absolute atomic E-state index is 9.17. The maximum Gasteiger partial charge on any atom is 0.252 e. The second kappa shape index (κ2) is 2.84. The van der Waals surface area contributed by atoms with Gasteiger partial charge in [-0.25, -0.2) is 6.57 Å². The van der Waals surface area contributed by atoms with Gasteiger partial charge in [0.15, 0.2) is 0 Å². The molecule has 0 aliphatic carbocycles. The number of hydrogen-bond acceptors (Lipinski definition) is 1. The number of rotatable bonds is 2. The summed E-state index contributed by atoms with van der Waals surface area (Å²) in [6, 6.07) is 0. The zero-order valence-corrected chi connectivity index (χ0v) is 6.18. The molecular formula is C7H13NO. The van der Waals surface area contributed by atoms with Crippen LogP contribution in [-0.4, -0.2) is 16.7 Å². The normalized spacial score (nSPS) is 14.6. The van der Waals surface area contributed by atoms with Gasteiger partial charge in [-0.15, -0.1) is 0 Å². The fourth-order valence-electron chi connectivity index (χ4n) is 0.574. The SMILES string of the molecule is [C-]#[N+]C(C)(C)C(O)CC. The standard InChI is InChI=1S/C7H13NO/c1-5-6(9)7(2,3)8-4/h6,9H,5H2,1-3H3. The molecule has 1 N–H and O–H groups in total. The molecule has 1 unspecified atom stereocenters. The highest BCUT2D eigenvalue weighted by Gasteiger charge is 2.31. The van der Waals surface area contributed by atoms with E-state index in [9.17, 15) is 5.11 Å². The Morgan fingerprint density at radius 2 is 2.11 bits per heavy atom. The van der Waals surface area contributed by atoms with E-state index in [-0.39, 0.29) is 0 Å². The maximum atomic E-state index is 9.17. The average molecular weight is 127 g/mol. The van der Waals surface area contributed by atoms with E-state index in [0.717, 1.165) is 0 Å². The highest BCUT2D eigenvalue weighted by atomic mass is 16.3. The van der Waals surface area contributed by atoms with Crippen LogP contribution in [0.1, 0.15) is 27.2 Å². The van der Waals surface area contributed by atoms with Crippen molar-refractivity contribution < 1.29 is 5.11 Å². The van der Waals surface area contributed by atoms with Crippen LogP contribution in [0, 0.1) is 6.57 Å². The third kappa shape index (κ3) is 2.03. The lowest BCUT2D eigenvalue weighted by molar-refractivity contribution is 0.119. The van der Waals surface area contributed by atoms with Gasteiger partial charge >= 0.3 is 0 Å². The van der Waals surface area contributed by atoms with E-state index >= 15 is 0 Å². The van der Waals surface area contributed by atoms with Crippen LogP contribution in [0.2, 0.25) is 0 Å². The van der Waals surface area contributed by atoms with E-state index in [2.05, 4.69) is 4.85 Å². The summed E-state index contributed by atoms with van der Waals surface area (Å²) < 4.78 is 0. The molecule has 0 fully saturated rings. The molecule has 0 spiro atoms. The first-order valence-electron chi connectivity index (χ1n) is 3.11. The molecule has 0 aliphatic heterocycles. The van der Waals surface area contributed by atoms with E-state index in [1.165, 1.54) is 0 Å². The molecule has 0 radical (unpaired) electrons. The van der Waals surface area contributed by atoms with Crippen molar-refractivity contribution in [3.05, 3.63) is 11.4 Å². The van der Waals surface area contributed by atoms with Gasteiger partial charge in [0.2, 0.25) is 0 Å². The summed E-state index contributed by atoms with van der Waals surface area (Å²) in [5.41, 5.74) is -0.602. The van der Waals surface area contributed by atoms with E-state index in [0.29, 0.717) is 6.42 Å². The molecule has 2 heteroatoms. The molecule has 0 saturated carbocycles. The molecule has 0 aromatic carbocycles. The summed E-state index contributed by atoms with van der Waals surface area (Å²) in [4.78, 5) is 3.29. The van der Waals surface area contributed by atoms with E-state index in [4.69, 9.17) is 6.57 Å². The quantitative estimate of drug-likeness (QED) is 0.558. The van der Waals surface area contributed by atoms with Crippen LogP contribution >= 0.6 is 0 Å². The van der Waals surface area contributed by atoms with Crippen molar-refractivity contribution in [3.63, 3.8) is 0 Å². The first kappa shape index (κ1) is 8.45. The molecule has 0 saturated heterocycles. The average Bonchev–Trinajstić information content (AvgIpc) is 1.86. The summed E-state index contributed by atoms with van der Waals surface area (Å²) in [6.07, 6.45) is 0.157. The van der Waals surface area contributed by atoms with Crippen LogP contribution in [0.15, 0.2) is 0 Å². The summed E-state index contributed by atoms with van der Waals surface area (Å²) in [7, 11) is 0. The Bertz CT molecular complexity index is 123. The Balaban J connectivity index is 4.01. The van der Waals surface area contributed by atoms with Crippen LogP contribution in [0.5, 0.6) is 0 Å². The zero-order chi connectivity index (χ0) is 7.49. The molecule has 52 valence electrons. The minimum absolute atomic E-state index is 0.491. The Morgan fingerprint density at radius 3 is 2.22 bits per heavy atom. The molecule has 0 aromatic rings. The van der Waals surface area contributed by atoms with Crippen molar-refractivity contribution >= 4 is 0 Å². The second-order valence-corrected chi connectivity index (χ2v) is 2.69. The molecule has 0 aliphatic rings. The first-order valence-corrected chi connectivity index (χ1v) is 3.11. The van der Waals surface area contributed by atoms with Gasteiger partial charge in [0.25, 0.3) is 5.54 Å². The molecule has 0 rings (SSSR count). The van der Waals surface area contributed by atoms with Gasteiger partial charge in [-0.2, -0.15) is 0 Å². The Labute approximate surface area is 56.3 Å². The van der Waals surface area contributed by atoms with Crippen LogP contribution in [-0.2, 0) is 0 Å². The number of aliphatic hydroxyl groups is 1. The summed E-state index contributed by atoms with van der Waals surface area (Å²) >= 11 is 0. The fraction of sp³-hybridized carbons (Fsp3) is 0.857. The molecule has 2 nitrogen and oxygen atoms in total. The van der Waals surface area contributed by atoms with Crippen molar-refractivity contribution in [2.75, 3.05) is 0 Å². The van der Waals surface area contributed by atoms with Crippen molar-refractivity contribution in [2.45, 2.75) is 38.8 Å². The summed E-state index contributed by atoms with van der Waals surface area (Å²) in [5, 5.41) is 9.17. The Kier molecular flexibility index (Phi) is 2.66. The van der Waals surface area contributed by atoms with Crippen molar-refractivity contribution in [3.8, 4) is 0 Å². The van der Waals surface area contributed by atoms with Gasteiger partial charge < -0.3 is 9.95 Å². The van der Waals surface area contributed by atoms with Crippen LogP contribution in [0.25, 0.3) is 4.85 Å². The zero-order valence-electron chi connectivity index (χ0n) is 6.18. The fourth-order valence-corrected chi connectivity index (χ4v) is 0.574. The minimum atomic E-state index is -0.602. The lowest BCUT2D eigenvalue weighted by Crippen LogP contribution is -2.31. The summed E-state index contributed by atoms with van der Waals surface area (Å²) in [5.74, 6) is 0. The number of nitrogens with zero attached hydrogens (tertiary/aromatic N) is 1. The monoisotopic (exact) mass is 127 g/mol. The molecule has 9 heavy (non-hydrogen) atoms. The lowest BCUT2D eigenvalue weighted by atomic mass is 9.97. The van der Waals surface area contributed by atoms with Gasteiger partial charge in [-0.05, 0) is 6.42 Å². The van der Waals surface area contributed by atoms with Gasteiger partial charge in [-0.3, -0.25) is 0 Å². The van der Waals surface area contributed by atoms with Gasteiger partial charge in [0.1, 0.15) is 6.10 Å². The summed E-state index contributed by atoms with van der Waals surface area (Å²) in [6.45, 7) is 12.1. The lowest BCUT2D eigenvalue weighted by Gasteiger charge is -2.16. The smallest absolute Gasteiger partial charge is 0.252 e. The highest BCUT2D eigenvalue weighted by molar-refractivity contribution is 4.95. The van der Waals surface area contributed by atoms with Crippen molar-refractivity contribution in [1.82, 2.24) is 0 Å². The highest BCUT2D eigenvalue weighted by Crippen LogP contribution is 2.16. The van der Waals surface area contributed by atoms with E-state index in [1.807, 2.05) is 6.92 Å². The van der Waals surface area contributed by atoms with Gasteiger partial charge in [0.05, 0.1) is 0 Å². The molecule has 1 atom stereocenters. The minimum Gasteiger partial charge on any atom is -0.385 e. The third-order valence-electron chi connectivity index (χ3n) is 1.49. The number of aliphatic hydroxyl groups excluding tert-OH is 1. The Morgan fingerprint density at radius 1 is 1.67 bits per heavy atom. The number of hydrogen-bond donors (Lipinski definition) is 1. The molecule has 0 amide bonds.